The van der Waals surface area contributed by atoms with Gasteiger partial charge in [-0.2, -0.15) is 0 Å². The Bertz CT molecular complexity index is 229. The van der Waals surface area contributed by atoms with E-state index in [4.69, 9.17) is 0 Å². The summed E-state index contributed by atoms with van der Waals surface area (Å²) in [5, 5.41) is 10.4. The zero-order chi connectivity index (χ0) is 12.7. The van der Waals surface area contributed by atoms with Gasteiger partial charge in [0.05, 0.1) is 0 Å². The number of rotatable bonds is 7. The lowest BCUT2D eigenvalue weighted by Gasteiger charge is -2.31. The molecule has 1 atom stereocenters. The molecule has 0 radical (unpaired) electrons. The largest absolute Gasteiger partial charge is 0.382 e. The summed E-state index contributed by atoms with van der Waals surface area (Å²) in [5.74, 6) is 0.591. The molecule has 2 heteroatoms. The molecule has 0 spiro atoms. The van der Waals surface area contributed by atoms with Gasteiger partial charge in [-0.05, 0) is 18.8 Å². The van der Waals surface area contributed by atoms with Crippen molar-refractivity contribution in [2.45, 2.75) is 83.7 Å². The number of carbonyl (C=O) groups is 1. The van der Waals surface area contributed by atoms with Crippen molar-refractivity contribution in [3.8, 4) is 0 Å². The quantitative estimate of drug-likeness (QED) is 0.733. The zero-order valence-corrected chi connectivity index (χ0v) is 11.5. The van der Waals surface area contributed by atoms with E-state index in [0.717, 1.165) is 25.7 Å². The zero-order valence-electron chi connectivity index (χ0n) is 11.5. The van der Waals surface area contributed by atoms with Gasteiger partial charge in [0, 0.05) is 6.42 Å². The Kier molecular flexibility index (Phi) is 6.18. The predicted molar refractivity (Wildman–Crippen MR) is 71.0 cm³/mol. The smallest absolute Gasteiger partial charge is 0.164 e. The molecule has 1 N–H and O–H groups in total. The Morgan fingerprint density at radius 1 is 1.24 bits per heavy atom. The van der Waals surface area contributed by atoms with Crippen molar-refractivity contribution >= 4 is 5.78 Å². The lowest BCUT2D eigenvalue weighted by molar-refractivity contribution is -0.141. The van der Waals surface area contributed by atoms with Crippen LogP contribution < -0.4 is 0 Å². The van der Waals surface area contributed by atoms with Crippen LogP contribution in [-0.4, -0.2) is 16.5 Å². The average molecular weight is 240 g/mol. The second-order valence-corrected chi connectivity index (χ2v) is 5.64. The van der Waals surface area contributed by atoms with Gasteiger partial charge in [0.15, 0.2) is 5.78 Å². The fourth-order valence-electron chi connectivity index (χ4n) is 2.81. The average Bonchev–Trinajstić information content (AvgIpc) is 2.35. The molecule has 100 valence electrons. The van der Waals surface area contributed by atoms with Gasteiger partial charge in [-0.3, -0.25) is 4.79 Å². The van der Waals surface area contributed by atoms with Crippen LogP contribution >= 0.6 is 0 Å². The van der Waals surface area contributed by atoms with Crippen LogP contribution in [0.25, 0.3) is 0 Å². The van der Waals surface area contributed by atoms with Crippen molar-refractivity contribution in [3.63, 3.8) is 0 Å². The summed E-state index contributed by atoms with van der Waals surface area (Å²) in [6.45, 7) is 4.34. The molecule has 1 fully saturated rings. The van der Waals surface area contributed by atoms with E-state index in [-0.39, 0.29) is 5.78 Å². The summed E-state index contributed by atoms with van der Waals surface area (Å²) in [7, 11) is 0. The summed E-state index contributed by atoms with van der Waals surface area (Å²) in [6.07, 6.45) is 9.74. The summed E-state index contributed by atoms with van der Waals surface area (Å²) >= 11 is 0. The summed E-state index contributed by atoms with van der Waals surface area (Å²) in [4.78, 5) is 12.2. The molecule has 2 nitrogen and oxygen atoms in total. The Morgan fingerprint density at radius 3 is 2.41 bits per heavy atom. The molecule has 0 heterocycles. The van der Waals surface area contributed by atoms with Crippen LogP contribution in [0, 0.1) is 5.92 Å². The molecule has 0 aromatic carbocycles. The topological polar surface area (TPSA) is 37.3 Å². The highest BCUT2D eigenvalue weighted by Crippen LogP contribution is 2.31. The van der Waals surface area contributed by atoms with Gasteiger partial charge in [-0.1, -0.05) is 58.8 Å². The predicted octanol–water partition coefficient (Wildman–Crippen LogP) is 3.86. The maximum absolute atomic E-state index is 12.2. The van der Waals surface area contributed by atoms with E-state index in [2.05, 4.69) is 13.8 Å². The molecule has 17 heavy (non-hydrogen) atoms. The van der Waals surface area contributed by atoms with Crippen LogP contribution in [0.1, 0.15) is 78.1 Å². The molecule has 1 rings (SSSR count). The minimum Gasteiger partial charge on any atom is -0.382 e. The summed E-state index contributed by atoms with van der Waals surface area (Å²) < 4.78 is 0. The highest BCUT2D eigenvalue weighted by atomic mass is 16.3. The van der Waals surface area contributed by atoms with E-state index in [9.17, 15) is 9.90 Å². The molecule has 0 amide bonds. The summed E-state index contributed by atoms with van der Waals surface area (Å²) in [5.41, 5.74) is -0.974. The first-order chi connectivity index (χ1) is 8.12. The fraction of sp³-hybridized carbons (Fsp3) is 0.933. The first-order valence-electron chi connectivity index (χ1n) is 7.38. The van der Waals surface area contributed by atoms with Crippen molar-refractivity contribution in [1.82, 2.24) is 0 Å². The van der Waals surface area contributed by atoms with Crippen LogP contribution in [-0.2, 0) is 4.79 Å². The number of carbonyl (C=O) groups excluding carboxylic acids is 1. The van der Waals surface area contributed by atoms with Crippen molar-refractivity contribution in [3.05, 3.63) is 0 Å². The third-order valence-electron chi connectivity index (χ3n) is 4.22. The van der Waals surface area contributed by atoms with Gasteiger partial charge >= 0.3 is 0 Å². The first kappa shape index (κ1) is 14.7. The number of hydrogen-bond acceptors (Lipinski definition) is 2. The Labute approximate surface area is 106 Å². The molecular formula is C15H28O2. The first-order valence-corrected chi connectivity index (χ1v) is 7.38. The number of hydrogen-bond donors (Lipinski definition) is 1. The van der Waals surface area contributed by atoms with Gasteiger partial charge in [0.1, 0.15) is 5.60 Å². The molecule has 0 aromatic heterocycles. The van der Waals surface area contributed by atoms with Gasteiger partial charge in [-0.15, -0.1) is 0 Å². The molecule has 0 aromatic rings. The number of ketones is 1. The Morgan fingerprint density at radius 2 is 1.88 bits per heavy atom. The highest BCUT2D eigenvalue weighted by Gasteiger charge is 2.37. The highest BCUT2D eigenvalue weighted by molar-refractivity contribution is 5.87. The Hall–Kier alpha value is -0.370. The van der Waals surface area contributed by atoms with Crippen LogP contribution in [0.15, 0.2) is 0 Å². The van der Waals surface area contributed by atoms with Crippen LogP contribution in [0.5, 0.6) is 0 Å². The van der Waals surface area contributed by atoms with Crippen LogP contribution in [0.4, 0.5) is 0 Å². The molecule has 0 saturated heterocycles. The fourth-order valence-corrected chi connectivity index (χ4v) is 2.81. The van der Waals surface area contributed by atoms with Crippen molar-refractivity contribution in [2.24, 2.45) is 5.92 Å². The van der Waals surface area contributed by atoms with E-state index in [1.165, 1.54) is 19.3 Å². The van der Waals surface area contributed by atoms with E-state index in [0.29, 0.717) is 25.2 Å². The third kappa shape index (κ3) is 4.42. The Balaban J connectivity index is 2.45. The number of aliphatic hydroxyl groups is 1. The molecule has 1 saturated carbocycles. The molecular weight excluding hydrogens is 212 g/mol. The maximum atomic E-state index is 12.2. The van der Waals surface area contributed by atoms with Gasteiger partial charge in [0.2, 0.25) is 0 Å². The standard InChI is InChI=1S/C15H28O2/c1-3-5-9-13(4-2)12-14(16)15(17)10-7-6-8-11-15/h13,17H,3-12H2,1-2H3. The molecule has 1 unspecified atom stereocenters. The monoisotopic (exact) mass is 240 g/mol. The van der Waals surface area contributed by atoms with Crippen LogP contribution in [0.2, 0.25) is 0 Å². The summed E-state index contributed by atoms with van der Waals surface area (Å²) in [6, 6.07) is 0. The minimum absolute atomic E-state index is 0.111. The lowest BCUT2D eigenvalue weighted by Crippen LogP contribution is -2.41. The number of Topliss-reactive ketones (excluding diaryl/α,β-unsaturated/α-hetero) is 1. The molecule has 0 aliphatic heterocycles. The van der Waals surface area contributed by atoms with Gasteiger partial charge in [0.25, 0.3) is 0 Å². The van der Waals surface area contributed by atoms with Crippen LogP contribution in [0.3, 0.4) is 0 Å². The minimum atomic E-state index is -0.974. The second kappa shape index (κ2) is 7.15. The molecule has 1 aliphatic rings. The van der Waals surface area contributed by atoms with E-state index in [1.807, 2.05) is 0 Å². The third-order valence-corrected chi connectivity index (χ3v) is 4.22. The second-order valence-electron chi connectivity index (χ2n) is 5.64. The van der Waals surface area contributed by atoms with Gasteiger partial charge < -0.3 is 5.11 Å². The molecule has 0 bridgehead atoms. The SMILES string of the molecule is CCCCC(CC)CC(=O)C1(O)CCCCC1. The molecule has 1 aliphatic carbocycles. The lowest BCUT2D eigenvalue weighted by atomic mass is 9.78. The maximum Gasteiger partial charge on any atom is 0.164 e. The van der Waals surface area contributed by atoms with Crippen molar-refractivity contribution in [1.29, 1.82) is 0 Å². The van der Waals surface area contributed by atoms with E-state index >= 15 is 0 Å². The van der Waals surface area contributed by atoms with E-state index < -0.39 is 5.60 Å². The van der Waals surface area contributed by atoms with E-state index in [1.54, 1.807) is 0 Å². The van der Waals surface area contributed by atoms with Crippen molar-refractivity contribution in [2.75, 3.05) is 0 Å². The number of unbranched alkanes of at least 4 members (excludes halogenated alkanes) is 1. The normalized spacial score (nSPS) is 21.1. The van der Waals surface area contributed by atoms with Crippen molar-refractivity contribution < 1.29 is 9.90 Å². The van der Waals surface area contributed by atoms with Gasteiger partial charge in [-0.25, -0.2) is 0 Å².